The maximum Gasteiger partial charge on any atom is 0.255 e. The number of amides is 1. The molecule has 0 unspecified atom stereocenters. The average Bonchev–Trinajstić information content (AvgIpc) is 3.31. The molecule has 25 heavy (non-hydrogen) atoms. The number of aromatic amines is 1. The van der Waals surface area contributed by atoms with Gasteiger partial charge in [0.25, 0.3) is 5.91 Å². The summed E-state index contributed by atoms with van der Waals surface area (Å²) in [5.74, 6) is 0.0721. The second-order valence-corrected chi connectivity index (χ2v) is 7.02. The van der Waals surface area contributed by atoms with Crippen LogP contribution in [0, 0.1) is 6.92 Å². The van der Waals surface area contributed by atoms with E-state index in [1.807, 2.05) is 30.3 Å². The van der Waals surface area contributed by atoms with E-state index in [4.69, 9.17) is 0 Å². The highest BCUT2D eigenvalue weighted by Crippen LogP contribution is 2.26. The zero-order chi connectivity index (χ0) is 17.4. The van der Waals surface area contributed by atoms with Crippen molar-refractivity contribution >= 4 is 16.8 Å². The summed E-state index contributed by atoms with van der Waals surface area (Å²) in [6, 6.07) is 10.5. The van der Waals surface area contributed by atoms with Crippen LogP contribution in [0.1, 0.15) is 41.6 Å². The minimum absolute atomic E-state index is 0.0721. The molecule has 0 aliphatic heterocycles. The second kappa shape index (κ2) is 6.36. The largest absolute Gasteiger partial charge is 0.361 e. The van der Waals surface area contributed by atoms with Crippen LogP contribution in [0.3, 0.4) is 0 Å². The number of hydrogen-bond donors (Lipinski definition) is 1. The van der Waals surface area contributed by atoms with Gasteiger partial charge in [-0.3, -0.25) is 9.78 Å². The fraction of sp³-hybridized carbons (Fsp3) is 0.333. The van der Waals surface area contributed by atoms with Crippen molar-refractivity contribution in [3.05, 3.63) is 53.9 Å². The van der Waals surface area contributed by atoms with E-state index in [0.29, 0.717) is 11.6 Å². The summed E-state index contributed by atoms with van der Waals surface area (Å²) in [5, 5.41) is 1.21. The molecule has 4 nitrogen and oxygen atoms in total. The highest BCUT2D eigenvalue weighted by atomic mass is 16.2. The first-order valence-electron chi connectivity index (χ1n) is 8.95. The number of pyridine rings is 1. The molecule has 1 aromatic carbocycles. The van der Waals surface area contributed by atoms with E-state index in [2.05, 4.69) is 35.1 Å². The first-order chi connectivity index (χ1) is 12.1. The van der Waals surface area contributed by atoms with E-state index < -0.39 is 0 Å². The smallest absolute Gasteiger partial charge is 0.255 e. The van der Waals surface area contributed by atoms with Gasteiger partial charge in [0.15, 0.2) is 0 Å². The number of aromatic nitrogens is 2. The van der Waals surface area contributed by atoms with Gasteiger partial charge in [0.05, 0.1) is 11.3 Å². The Morgan fingerprint density at radius 1 is 1.20 bits per heavy atom. The third kappa shape index (κ3) is 2.93. The van der Waals surface area contributed by atoms with Gasteiger partial charge in [0.1, 0.15) is 0 Å². The molecule has 2 aromatic heterocycles. The Morgan fingerprint density at radius 3 is 2.72 bits per heavy atom. The van der Waals surface area contributed by atoms with Crippen molar-refractivity contribution in [3.63, 3.8) is 0 Å². The van der Waals surface area contributed by atoms with Crippen molar-refractivity contribution in [2.75, 3.05) is 7.05 Å². The van der Waals surface area contributed by atoms with Gasteiger partial charge in [0.2, 0.25) is 0 Å². The van der Waals surface area contributed by atoms with Crippen molar-refractivity contribution in [2.24, 2.45) is 0 Å². The van der Waals surface area contributed by atoms with Gasteiger partial charge in [-0.1, -0.05) is 18.9 Å². The molecule has 128 valence electrons. The standard InChI is InChI=1S/C21H23N3O/c1-14-12-22-20-10-7-15(11-18(14)20)19-9-8-16(13-23-19)21(25)24(2)17-5-3-4-6-17/h7-13,17,22H,3-6H2,1-2H3. The molecule has 2 heterocycles. The third-order valence-corrected chi connectivity index (χ3v) is 5.39. The molecule has 0 bridgehead atoms. The van der Waals surface area contributed by atoms with Crippen molar-refractivity contribution in [2.45, 2.75) is 38.6 Å². The highest BCUT2D eigenvalue weighted by molar-refractivity contribution is 5.94. The van der Waals surface area contributed by atoms with Gasteiger partial charge in [-0.2, -0.15) is 0 Å². The number of fused-ring (bicyclic) bond motifs is 1. The number of aryl methyl sites for hydroxylation is 1. The Balaban J connectivity index is 1.58. The van der Waals surface area contributed by atoms with Gasteiger partial charge < -0.3 is 9.88 Å². The van der Waals surface area contributed by atoms with E-state index >= 15 is 0 Å². The molecule has 4 rings (SSSR count). The molecule has 0 radical (unpaired) electrons. The molecule has 1 N–H and O–H groups in total. The molecule has 3 aromatic rings. The van der Waals surface area contributed by atoms with Crippen LogP contribution in [0.4, 0.5) is 0 Å². The van der Waals surface area contributed by atoms with Crippen LogP contribution in [0.5, 0.6) is 0 Å². The summed E-state index contributed by atoms with van der Waals surface area (Å²) in [5.41, 5.74) is 4.98. The minimum atomic E-state index is 0.0721. The Hall–Kier alpha value is -2.62. The Labute approximate surface area is 147 Å². The zero-order valence-electron chi connectivity index (χ0n) is 14.7. The SMILES string of the molecule is Cc1c[nH]c2ccc(-c3ccc(C(=O)N(C)C4CCCC4)cn3)cc12. The van der Waals surface area contributed by atoms with Gasteiger partial charge in [-0.15, -0.1) is 0 Å². The van der Waals surface area contributed by atoms with Gasteiger partial charge >= 0.3 is 0 Å². The van der Waals surface area contributed by atoms with Crippen LogP contribution in [0.25, 0.3) is 22.2 Å². The van der Waals surface area contributed by atoms with E-state index in [0.717, 1.165) is 29.6 Å². The van der Waals surface area contributed by atoms with Gasteiger partial charge in [-0.25, -0.2) is 0 Å². The summed E-state index contributed by atoms with van der Waals surface area (Å²) in [6.07, 6.45) is 8.40. The number of rotatable bonds is 3. The maximum atomic E-state index is 12.6. The molecule has 1 saturated carbocycles. The highest BCUT2D eigenvalue weighted by Gasteiger charge is 2.24. The molecular formula is C21H23N3O. The molecule has 1 fully saturated rings. The lowest BCUT2D eigenvalue weighted by molar-refractivity contribution is 0.0735. The first-order valence-corrected chi connectivity index (χ1v) is 8.95. The predicted octanol–water partition coefficient (Wildman–Crippen LogP) is 4.55. The van der Waals surface area contributed by atoms with Crippen molar-refractivity contribution in [1.82, 2.24) is 14.9 Å². The van der Waals surface area contributed by atoms with Crippen molar-refractivity contribution < 1.29 is 4.79 Å². The lowest BCUT2D eigenvalue weighted by Crippen LogP contribution is -2.35. The van der Waals surface area contributed by atoms with Crippen LogP contribution in [0.15, 0.2) is 42.7 Å². The summed E-state index contributed by atoms with van der Waals surface area (Å²) < 4.78 is 0. The number of nitrogens with zero attached hydrogens (tertiary/aromatic N) is 2. The normalized spacial score (nSPS) is 15.0. The quantitative estimate of drug-likeness (QED) is 0.764. The average molecular weight is 333 g/mol. The fourth-order valence-corrected chi connectivity index (χ4v) is 3.77. The topological polar surface area (TPSA) is 49.0 Å². The first kappa shape index (κ1) is 15.9. The van der Waals surface area contributed by atoms with Crippen molar-refractivity contribution in [3.8, 4) is 11.3 Å². The van der Waals surface area contributed by atoms with E-state index in [-0.39, 0.29) is 5.91 Å². The lowest BCUT2D eigenvalue weighted by Gasteiger charge is -2.24. The van der Waals surface area contributed by atoms with E-state index in [9.17, 15) is 4.79 Å². The number of benzene rings is 1. The summed E-state index contributed by atoms with van der Waals surface area (Å²) in [4.78, 5) is 22.3. The fourth-order valence-electron chi connectivity index (χ4n) is 3.77. The Kier molecular flexibility index (Phi) is 4.04. The molecule has 0 spiro atoms. The van der Waals surface area contributed by atoms with Crippen LogP contribution in [-0.2, 0) is 0 Å². The van der Waals surface area contributed by atoms with Crippen LogP contribution in [0.2, 0.25) is 0 Å². The third-order valence-electron chi connectivity index (χ3n) is 5.39. The zero-order valence-corrected chi connectivity index (χ0v) is 14.7. The number of carbonyl (C=O) groups excluding carboxylic acids is 1. The molecule has 1 amide bonds. The van der Waals surface area contributed by atoms with E-state index in [1.165, 1.54) is 23.8 Å². The molecule has 1 aliphatic carbocycles. The number of nitrogens with one attached hydrogen (secondary N) is 1. The summed E-state index contributed by atoms with van der Waals surface area (Å²) >= 11 is 0. The van der Waals surface area contributed by atoms with Crippen molar-refractivity contribution in [1.29, 1.82) is 0 Å². The minimum Gasteiger partial charge on any atom is -0.361 e. The van der Waals surface area contributed by atoms with Crippen LogP contribution >= 0.6 is 0 Å². The van der Waals surface area contributed by atoms with E-state index in [1.54, 1.807) is 6.20 Å². The number of carbonyl (C=O) groups is 1. The Bertz CT molecular complexity index is 905. The molecule has 1 aliphatic rings. The predicted molar refractivity (Wildman–Crippen MR) is 101 cm³/mol. The molecule has 0 saturated heterocycles. The van der Waals surface area contributed by atoms with Gasteiger partial charge in [0, 0.05) is 41.9 Å². The number of H-pyrrole nitrogens is 1. The van der Waals surface area contributed by atoms with Gasteiger partial charge in [-0.05, 0) is 49.6 Å². The maximum absolute atomic E-state index is 12.6. The lowest BCUT2D eigenvalue weighted by atomic mass is 10.1. The number of hydrogen-bond acceptors (Lipinski definition) is 2. The Morgan fingerprint density at radius 2 is 2.00 bits per heavy atom. The molecule has 4 heteroatoms. The van der Waals surface area contributed by atoms with Crippen LogP contribution in [-0.4, -0.2) is 33.9 Å². The summed E-state index contributed by atoms with van der Waals surface area (Å²) in [7, 11) is 1.91. The summed E-state index contributed by atoms with van der Waals surface area (Å²) in [6.45, 7) is 2.09. The monoisotopic (exact) mass is 333 g/mol. The molecular weight excluding hydrogens is 310 g/mol. The van der Waals surface area contributed by atoms with Crippen LogP contribution < -0.4 is 0 Å². The second-order valence-electron chi connectivity index (χ2n) is 7.02. The molecule has 0 atom stereocenters.